The number of aryl methyl sites for hydroxylation is 1. The predicted molar refractivity (Wildman–Crippen MR) is 116 cm³/mol. The zero-order valence-electron chi connectivity index (χ0n) is 16.5. The lowest BCUT2D eigenvalue weighted by Crippen LogP contribution is -1.92. The fraction of sp³-hybridized carbons (Fsp3) is 0.500. The van der Waals surface area contributed by atoms with E-state index in [9.17, 15) is 0 Å². The van der Waals surface area contributed by atoms with Crippen molar-refractivity contribution in [3.05, 3.63) is 53.4 Å². The molecule has 1 heterocycles. The summed E-state index contributed by atoms with van der Waals surface area (Å²) in [5.74, 6) is 0.943. The standard InChI is InChI=1S/C24H34OS/c1-3-5-7-9-10-11-13-23-18-19-24(26-23)21-14-16-22(17-15-21)25-20-12-8-6-4-2/h8,12,14-19H,3-7,9-11,13,20H2,1-2H3/b12-8+. The highest BCUT2D eigenvalue weighted by Crippen LogP contribution is 2.30. The van der Waals surface area contributed by atoms with Crippen LogP contribution >= 0.6 is 11.3 Å². The van der Waals surface area contributed by atoms with Crippen molar-refractivity contribution in [1.29, 1.82) is 0 Å². The van der Waals surface area contributed by atoms with Crippen molar-refractivity contribution in [3.8, 4) is 16.2 Å². The number of ether oxygens (including phenoxy) is 1. The second-order valence-corrected chi connectivity index (χ2v) is 8.05. The Bertz CT molecular complexity index is 624. The molecule has 26 heavy (non-hydrogen) atoms. The highest BCUT2D eigenvalue weighted by molar-refractivity contribution is 7.15. The molecule has 0 amide bonds. The highest BCUT2D eigenvalue weighted by atomic mass is 32.1. The average molecular weight is 371 g/mol. The first-order valence-corrected chi connectivity index (χ1v) is 11.1. The Morgan fingerprint density at radius 2 is 1.58 bits per heavy atom. The van der Waals surface area contributed by atoms with Gasteiger partial charge in [-0.2, -0.15) is 0 Å². The van der Waals surface area contributed by atoms with E-state index in [-0.39, 0.29) is 0 Å². The Balaban J connectivity index is 1.75. The quantitative estimate of drug-likeness (QED) is 0.256. The lowest BCUT2D eigenvalue weighted by molar-refractivity contribution is 0.362. The summed E-state index contributed by atoms with van der Waals surface area (Å²) in [6.07, 6.45) is 16.0. The molecule has 1 nitrogen and oxygen atoms in total. The van der Waals surface area contributed by atoms with Gasteiger partial charge in [-0.05, 0) is 61.2 Å². The molecular weight excluding hydrogens is 336 g/mol. The van der Waals surface area contributed by atoms with E-state index in [1.165, 1.54) is 66.7 Å². The summed E-state index contributed by atoms with van der Waals surface area (Å²) in [5, 5.41) is 0. The van der Waals surface area contributed by atoms with Crippen molar-refractivity contribution in [2.75, 3.05) is 6.61 Å². The van der Waals surface area contributed by atoms with E-state index in [1.807, 2.05) is 11.3 Å². The van der Waals surface area contributed by atoms with Gasteiger partial charge in [-0.15, -0.1) is 11.3 Å². The third-order valence-electron chi connectivity index (χ3n) is 4.55. The van der Waals surface area contributed by atoms with E-state index in [0.717, 1.165) is 12.2 Å². The number of hydrogen-bond acceptors (Lipinski definition) is 2. The Labute approximate surface area is 164 Å². The summed E-state index contributed by atoms with van der Waals surface area (Å²) in [4.78, 5) is 2.87. The minimum atomic E-state index is 0.654. The zero-order chi connectivity index (χ0) is 18.5. The van der Waals surface area contributed by atoms with Crippen molar-refractivity contribution in [1.82, 2.24) is 0 Å². The summed E-state index contributed by atoms with van der Waals surface area (Å²) in [5.41, 5.74) is 1.29. The molecule has 2 aromatic rings. The van der Waals surface area contributed by atoms with Crippen LogP contribution in [0.4, 0.5) is 0 Å². The van der Waals surface area contributed by atoms with Gasteiger partial charge >= 0.3 is 0 Å². The van der Waals surface area contributed by atoms with Crippen molar-refractivity contribution >= 4 is 11.3 Å². The molecule has 2 heteroatoms. The molecule has 0 atom stereocenters. The van der Waals surface area contributed by atoms with Crippen LogP contribution in [0, 0.1) is 0 Å². The second kappa shape index (κ2) is 12.8. The molecule has 142 valence electrons. The molecule has 0 fully saturated rings. The maximum absolute atomic E-state index is 5.76. The maximum Gasteiger partial charge on any atom is 0.119 e. The zero-order valence-corrected chi connectivity index (χ0v) is 17.3. The SMILES string of the molecule is CCC/C=C/COc1ccc(-c2ccc(CCCCCCCC)s2)cc1. The molecule has 0 aliphatic heterocycles. The monoisotopic (exact) mass is 370 g/mol. The Kier molecular flexibility index (Phi) is 10.2. The summed E-state index contributed by atoms with van der Waals surface area (Å²) < 4.78 is 5.76. The van der Waals surface area contributed by atoms with Crippen LogP contribution in [-0.4, -0.2) is 6.61 Å². The normalized spacial score (nSPS) is 11.3. The van der Waals surface area contributed by atoms with Gasteiger partial charge in [0.2, 0.25) is 0 Å². The lowest BCUT2D eigenvalue weighted by atomic mass is 10.1. The minimum absolute atomic E-state index is 0.654. The molecule has 0 radical (unpaired) electrons. The summed E-state index contributed by atoms with van der Waals surface area (Å²) in [7, 11) is 0. The van der Waals surface area contributed by atoms with E-state index in [4.69, 9.17) is 4.74 Å². The molecule has 0 saturated carbocycles. The number of hydrogen-bond donors (Lipinski definition) is 0. The molecule has 0 aliphatic rings. The van der Waals surface area contributed by atoms with Crippen LogP contribution in [0.1, 0.15) is 70.1 Å². The molecule has 0 bridgehead atoms. The fourth-order valence-electron chi connectivity index (χ4n) is 2.96. The Morgan fingerprint density at radius 3 is 2.35 bits per heavy atom. The second-order valence-electron chi connectivity index (χ2n) is 6.88. The van der Waals surface area contributed by atoms with Gasteiger partial charge in [0, 0.05) is 9.75 Å². The van der Waals surface area contributed by atoms with Gasteiger partial charge < -0.3 is 4.74 Å². The third-order valence-corrected chi connectivity index (χ3v) is 5.74. The fourth-order valence-corrected chi connectivity index (χ4v) is 4.01. The molecule has 1 aromatic heterocycles. The van der Waals surface area contributed by atoms with Crippen molar-refractivity contribution in [2.45, 2.75) is 71.6 Å². The van der Waals surface area contributed by atoms with E-state index < -0.39 is 0 Å². The summed E-state index contributed by atoms with van der Waals surface area (Å²) >= 11 is 1.94. The topological polar surface area (TPSA) is 9.23 Å². The number of unbranched alkanes of at least 4 members (excludes halogenated alkanes) is 6. The van der Waals surface area contributed by atoms with E-state index in [1.54, 1.807) is 0 Å². The number of benzene rings is 1. The molecule has 0 saturated heterocycles. The number of allylic oxidation sites excluding steroid dienone is 1. The molecule has 0 N–H and O–H groups in total. The van der Waals surface area contributed by atoms with Crippen molar-refractivity contribution in [2.24, 2.45) is 0 Å². The predicted octanol–water partition coefficient (Wildman–Crippen LogP) is 8.05. The van der Waals surface area contributed by atoms with Crippen LogP contribution in [0.2, 0.25) is 0 Å². The van der Waals surface area contributed by atoms with Crippen LogP contribution in [0.3, 0.4) is 0 Å². The smallest absolute Gasteiger partial charge is 0.119 e. The van der Waals surface area contributed by atoms with Crippen molar-refractivity contribution in [3.63, 3.8) is 0 Å². The molecule has 1 aromatic carbocycles. The molecule has 0 spiro atoms. The van der Waals surface area contributed by atoms with Crippen LogP contribution in [-0.2, 0) is 6.42 Å². The van der Waals surface area contributed by atoms with E-state index in [2.05, 4.69) is 62.4 Å². The van der Waals surface area contributed by atoms with Crippen LogP contribution < -0.4 is 4.74 Å². The van der Waals surface area contributed by atoms with Gasteiger partial charge in [0.1, 0.15) is 12.4 Å². The van der Waals surface area contributed by atoms with Crippen molar-refractivity contribution < 1.29 is 4.74 Å². The lowest BCUT2D eigenvalue weighted by Gasteiger charge is -2.04. The summed E-state index contributed by atoms with van der Waals surface area (Å²) in [6, 6.07) is 13.1. The van der Waals surface area contributed by atoms with E-state index in [0.29, 0.717) is 6.61 Å². The first-order valence-electron chi connectivity index (χ1n) is 10.3. The first kappa shape index (κ1) is 20.8. The maximum atomic E-state index is 5.76. The first-order chi connectivity index (χ1) is 12.8. The highest BCUT2D eigenvalue weighted by Gasteiger charge is 2.04. The van der Waals surface area contributed by atoms with Crippen LogP contribution in [0.15, 0.2) is 48.6 Å². The van der Waals surface area contributed by atoms with Gasteiger partial charge in [0.05, 0.1) is 0 Å². The number of thiophene rings is 1. The van der Waals surface area contributed by atoms with Crippen LogP contribution in [0.5, 0.6) is 5.75 Å². The largest absolute Gasteiger partial charge is 0.490 e. The van der Waals surface area contributed by atoms with Gasteiger partial charge in [-0.25, -0.2) is 0 Å². The minimum Gasteiger partial charge on any atom is -0.490 e. The Hall–Kier alpha value is -1.54. The van der Waals surface area contributed by atoms with Gasteiger partial charge in [0.25, 0.3) is 0 Å². The van der Waals surface area contributed by atoms with Gasteiger partial charge in [-0.1, -0.05) is 64.5 Å². The Morgan fingerprint density at radius 1 is 0.808 bits per heavy atom. The van der Waals surface area contributed by atoms with Gasteiger partial charge in [0.15, 0.2) is 0 Å². The van der Waals surface area contributed by atoms with Gasteiger partial charge in [-0.3, -0.25) is 0 Å². The third kappa shape index (κ3) is 7.78. The van der Waals surface area contributed by atoms with E-state index >= 15 is 0 Å². The molecule has 0 unspecified atom stereocenters. The average Bonchev–Trinajstić information content (AvgIpc) is 3.14. The molecule has 0 aliphatic carbocycles. The number of rotatable bonds is 13. The van der Waals surface area contributed by atoms with Crippen LogP contribution in [0.25, 0.3) is 10.4 Å². The molecule has 2 rings (SSSR count). The summed E-state index contributed by atoms with van der Waals surface area (Å²) in [6.45, 7) is 5.12. The molecular formula is C24H34OS.